The summed E-state index contributed by atoms with van der Waals surface area (Å²) in [4.78, 5) is 0. The van der Waals surface area contributed by atoms with Crippen molar-refractivity contribution >= 4 is 8.07 Å². The van der Waals surface area contributed by atoms with Crippen LogP contribution in [-0.4, -0.2) is 18.9 Å². The molecule has 0 amide bonds. The normalized spacial score (nSPS) is 12.9. The summed E-state index contributed by atoms with van der Waals surface area (Å²) < 4.78 is 0. The van der Waals surface area contributed by atoms with Crippen LogP contribution in [-0.2, 0) is 0 Å². The molecule has 0 bridgehead atoms. The van der Waals surface area contributed by atoms with Crippen molar-refractivity contribution in [2.75, 3.05) is 0 Å². The molecule has 0 unspecified atom stereocenters. The first-order valence-corrected chi connectivity index (χ1v) is 8.33. The lowest BCUT2D eigenvalue weighted by atomic mass is 10.2. The van der Waals surface area contributed by atoms with Crippen LogP contribution in [0.25, 0.3) is 0 Å². The van der Waals surface area contributed by atoms with Gasteiger partial charge >= 0.3 is 0 Å². The highest BCUT2D eigenvalue weighted by Gasteiger charge is 2.22. The standard InChI is InChI=1S/C11H20OSi/c1-5-6-7-8-9-10-11(12)13(2,3)4/h5,11-12H,1,6-8H2,2-4H3/t11-/m0/s1. The molecule has 74 valence electrons. The minimum atomic E-state index is -1.47. The monoisotopic (exact) mass is 196 g/mol. The molecule has 1 atom stereocenters. The van der Waals surface area contributed by atoms with Crippen molar-refractivity contribution < 1.29 is 5.11 Å². The lowest BCUT2D eigenvalue weighted by Crippen LogP contribution is -2.36. The smallest absolute Gasteiger partial charge is 0.102 e. The van der Waals surface area contributed by atoms with Crippen molar-refractivity contribution in [1.29, 1.82) is 0 Å². The van der Waals surface area contributed by atoms with Gasteiger partial charge in [-0.3, -0.25) is 0 Å². The summed E-state index contributed by atoms with van der Waals surface area (Å²) in [6, 6.07) is 0. The molecular formula is C11H20OSi. The molecular weight excluding hydrogens is 176 g/mol. The van der Waals surface area contributed by atoms with Gasteiger partial charge in [-0.2, -0.15) is 0 Å². The van der Waals surface area contributed by atoms with Gasteiger partial charge in [-0.25, -0.2) is 0 Å². The van der Waals surface area contributed by atoms with E-state index in [4.69, 9.17) is 0 Å². The third-order valence-corrected chi connectivity index (χ3v) is 3.55. The predicted octanol–water partition coefficient (Wildman–Crippen LogP) is 2.58. The van der Waals surface area contributed by atoms with E-state index < -0.39 is 8.07 Å². The van der Waals surface area contributed by atoms with Crippen LogP contribution < -0.4 is 0 Å². The van der Waals surface area contributed by atoms with Gasteiger partial charge < -0.3 is 5.11 Å². The summed E-state index contributed by atoms with van der Waals surface area (Å²) in [7, 11) is -1.47. The first kappa shape index (κ1) is 12.5. The lowest BCUT2D eigenvalue weighted by Gasteiger charge is -2.17. The Morgan fingerprint density at radius 3 is 2.54 bits per heavy atom. The van der Waals surface area contributed by atoms with Crippen molar-refractivity contribution in [3.8, 4) is 11.8 Å². The quantitative estimate of drug-likeness (QED) is 0.317. The second-order valence-corrected chi connectivity index (χ2v) is 9.55. The van der Waals surface area contributed by atoms with Gasteiger partial charge in [-0.15, -0.1) is 12.5 Å². The van der Waals surface area contributed by atoms with Gasteiger partial charge in [-0.05, 0) is 12.8 Å². The molecule has 1 nitrogen and oxygen atoms in total. The van der Waals surface area contributed by atoms with E-state index in [1.807, 2.05) is 6.08 Å². The molecule has 0 radical (unpaired) electrons. The molecule has 0 heterocycles. The third-order valence-electron chi connectivity index (χ3n) is 1.77. The molecule has 1 N–H and O–H groups in total. The molecule has 0 aromatic heterocycles. The molecule has 2 heteroatoms. The van der Waals surface area contributed by atoms with Crippen LogP contribution in [0.2, 0.25) is 19.6 Å². The molecule has 0 aliphatic carbocycles. The zero-order chi connectivity index (χ0) is 10.3. The predicted molar refractivity (Wildman–Crippen MR) is 61.2 cm³/mol. The lowest BCUT2D eigenvalue weighted by molar-refractivity contribution is 0.299. The minimum absolute atomic E-state index is 0.378. The van der Waals surface area contributed by atoms with Crippen molar-refractivity contribution in [2.45, 2.75) is 44.6 Å². The SMILES string of the molecule is C=CCCCC#C[C@@H](O)[Si](C)(C)C. The second kappa shape index (κ2) is 6.01. The van der Waals surface area contributed by atoms with Gasteiger partial charge in [-0.1, -0.05) is 31.6 Å². The van der Waals surface area contributed by atoms with E-state index in [1.54, 1.807) is 0 Å². The largest absolute Gasteiger partial charge is 0.384 e. The maximum absolute atomic E-state index is 9.61. The summed E-state index contributed by atoms with van der Waals surface area (Å²) in [5, 5.41) is 9.61. The molecule has 0 aromatic rings. The van der Waals surface area contributed by atoms with Crippen LogP contribution in [0.5, 0.6) is 0 Å². The van der Waals surface area contributed by atoms with E-state index in [0.29, 0.717) is 0 Å². The van der Waals surface area contributed by atoms with Crippen LogP contribution in [0.15, 0.2) is 12.7 Å². The van der Waals surface area contributed by atoms with Gasteiger partial charge in [0.1, 0.15) is 5.73 Å². The molecule has 0 aliphatic rings. The highest BCUT2D eigenvalue weighted by atomic mass is 28.3. The molecule has 13 heavy (non-hydrogen) atoms. The molecule has 0 aliphatic heterocycles. The highest BCUT2D eigenvalue weighted by molar-refractivity contribution is 6.77. The van der Waals surface area contributed by atoms with Gasteiger partial charge in [0, 0.05) is 6.42 Å². The number of allylic oxidation sites excluding steroid dienone is 1. The topological polar surface area (TPSA) is 20.2 Å². The zero-order valence-electron chi connectivity index (χ0n) is 8.93. The summed E-state index contributed by atoms with van der Waals surface area (Å²) in [6.07, 6.45) is 4.83. The second-order valence-electron chi connectivity index (χ2n) is 4.27. The van der Waals surface area contributed by atoms with E-state index in [2.05, 4.69) is 38.1 Å². The molecule has 0 aromatic carbocycles. The maximum Gasteiger partial charge on any atom is 0.102 e. The zero-order valence-corrected chi connectivity index (χ0v) is 9.93. The summed E-state index contributed by atoms with van der Waals surface area (Å²) in [6.45, 7) is 10.0. The summed E-state index contributed by atoms with van der Waals surface area (Å²) in [5.74, 6) is 5.93. The number of hydrogen-bond acceptors (Lipinski definition) is 1. The number of aliphatic hydroxyl groups is 1. The fourth-order valence-electron chi connectivity index (χ4n) is 0.720. The Bertz CT molecular complexity index is 204. The Labute approximate surface area is 82.9 Å². The third kappa shape index (κ3) is 6.62. The Balaban J connectivity index is 3.76. The molecule has 0 saturated carbocycles. The average Bonchev–Trinajstić information content (AvgIpc) is 2.02. The maximum atomic E-state index is 9.61. The molecule has 0 saturated heterocycles. The van der Waals surface area contributed by atoms with E-state index >= 15 is 0 Å². The fourth-order valence-corrected chi connectivity index (χ4v) is 1.26. The number of hydrogen-bond donors (Lipinski definition) is 1. The fraction of sp³-hybridized carbons (Fsp3) is 0.636. The van der Waals surface area contributed by atoms with Crippen molar-refractivity contribution in [3.63, 3.8) is 0 Å². The first-order valence-electron chi connectivity index (χ1n) is 4.76. The van der Waals surface area contributed by atoms with E-state index in [-0.39, 0.29) is 5.73 Å². The van der Waals surface area contributed by atoms with E-state index in [1.165, 1.54) is 0 Å². The Hall–Kier alpha value is -0.523. The van der Waals surface area contributed by atoms with Gasteiger partial charge in [0.2, 0.25) is 0 Å². The summed E-state index contributed by atoms with van der Waals surface area (Å²) in [5.41, 5.74) is -0.378. The average molecular weight is 196 g/mol. The molecule has 0 spiro atoms. The van der Waals surface area contributed by atoms with Crippen LogP contribution >= 0.6 is 0 Å². The van der Waals surface area contributed by atoms with E-state index in [9.17, 15) is 5.11 Å². The van der Waals surface area contributed by atoms with Crippen molar-refractivity contribution in [3.05, 3.63) is 12.7 Å². The van der Waals surface area contributed by atoms with E-state index in [0.717, 1.165) is 19.3 Å². The van der Waals surface area contributed by atoms with Crippen LogP contribution in [0.1, 0.15) is 19.3 Å². The Morgan fingerprint density at radius 2 is 2.08 bits per heavy atom. The van der Waals surface area contributed by atoms with Gasteiger partial charge in [0.25, 0.3) is 0 Å². The molecule has 0 fully saturated rings. The Morgan fingerprint density at radius 1 is 1.46 bits per heavy atom. The number of rotatable bonds is 4. The highest BCUT2D eigenvalue weighted by Crippen LogP contribution is 2.06. The van der Waals surface area contributed by atoms with Crippen molar-refractivity contribution in [2.24, 2.45) is 0 Å². The van der Waals surface area contributed by atoms with Gasteiger partial charge in [0.15, 0.2) is 0 Å². The van der Waals surface area contributed by atoms with Crippen LogP contribution in [0.4, 0.5) is 0 Å². The number of unbranched alkanes of at least 4 members (excludes halogenated alkanes) is 2. The van der Waals surface area contributed by atoms with Crippen LogP contribution in [0, 0.1) is 11.8 Å². The minimum Gasteiger partial charge on any atom is -0.384 e. The van der Waals surface area contributed by atoms with Crippen LogP contribution in [0.3, 0.4) is 0 Å². The Kier molecular flexibility index (Phi) is 5.77. The first-order chi connectivity index (χ1) is 5.98. The van der Waals surface area contributed by atoms with Crippen molar-refractivity contribution in [1.82, 2.24) is 0 Å². The van der Waals surface area contributed by atoms with Gasteiger partial charge in [0.05, 0.1) is 8.07 Å². The molecule has 0 rings (SSSR count). The summed E-state index contributed by atoms with van der Waals surface area (Å²) >= 11 is 0. The number of aliphatic hydroxyl groups excluding tert-OH is 1.